The van der Waals surface area contributed by atoms with E-state index in [0.29, 0.717) is 5.75 Å². The van der Waals surface area contributed by atoms with Crippen LogP contribution in [0, 0.1) is 0 Å². The van der Waals surface area contributed by atoms with Crippen molar-refractivity contribution in [2.75, 3.05) is 32.1 Å². The molecule has 0 saturated carbocycles. The van der Waals surface area contributed by atoms with Crippen LogP contribution in [0.15, 0.2) is 46.2 Å². The maximum atomic E-state index is 9.85. The van der Waals surface area contributed by atoms with Gasteiger partial charge in [-0.3, -0.25) is 0 Å². The second-order valence-electron chi connectivity index (χ2n) is 5.67. The molecule has 0 aliphatic carbocycles. The van der Waals surface area contributed by atoms with Gasteiger partial charge in [-0.25, -0.2) is 0 Å². The highest BCUT2D eigenvalue weighted by Crippen LogP contribution is 2.49. The summed E-state index contributed by atoms with van der Waals surface area (Å²) in [5.41, 5.74) is 2.17. The number of phenols is 1. The molecule has 3 rings (SSSR count). The summed E-state index contributed by atoms with van der Waals surface area (Å²) in [5, 5.41) is 10.6. The number of fused-ring (bicyclic) bond motifs is 2. The van der Waals surface area contributed by atoms with Gasteiger partial charge in [0.25, 0.3) is 0 Å². The van der Waals surface area contributed by atoms with Crippen LogP contribution >= 0.6 is 35.8 Å². The molecule has 0 fully saturated rings. The molecular weight excluding hydrogens is 351 g/mol. The minimum absolute atomic E-state index is 0. The maximum Gasteiger partial charge on any atom is 0.117 e. The fraction of sp³-hybridized carbons (Fsp3) is 0.294. The van der Waals surface area contributed by atoms with Crippen LogP contribution in [0.3, 0.4) is 0 Å². The molecule has 1 N–H and O–H groups in total. The average Bonchev–Trinajstić information content (AvgIpc) is 2.47. The minimum atomic E-state index is 0. The fourth-order valence-corrected chi connectivity index (χ4v) is 3.85. The highest BCUT2D eigenvalue weighted by Gasteiger charge is 2.23. The van der Waals surface area contributed by atoms with Gasteiger partial charge in [-0.15, -0.1) is 12.4 Å². The van der Waals surface area contributed by atoms with Crippen LogP contribution in [0.4, 0.5) is 11.4 Å². The number of aromatic hydroxyl groups is 1. The van der Waals surface area contributed by atoms with E-state index in [1.807, 2.05) is 24.3 Å². The Hall–Kier alpha value is -1.07. The number of rotatable bonds is 4. The molecule has 0 radical (unpaired) electrons. The van der Waals surface area contributed by atoms with Crippen LogP contribution in [0.25, 0.3) is 0 Å². The highest BCUT2D eigenvalue weighted by atomic mass is 35.5. The Morgan fingerprint density at radius 2 is 1.74 bits per heavy atom. The van der Waals surface area contributed by atoms with Gasteiger partial charge in [-0.2, -0.15) is 0 Å². The summed E-state index contributed by atoms with van der Waals surface area (Å²) >= 11 is 7.91. The highest BCUT2D eigenvalue weighted by molar-refractivity contribution is 7.99. The zero-order chi connectivity index (χ0) is 15.7. The van der Waals surface area contributed by atoms with Gasteiger partial charge in [-0.1, -0.05) is 23.4 Å². The van der Waals surface area contributed by atoms with E-state index in [-0.39, 0.29) is 12.4 Å². The van der Waals surface area contributed by atoms with Crippen LogP contribution in [0.5, 0.6) is 5.75 Å². The Kier molecular flexibility index (Phi) is 6.09. The smallest absolute Gasteiger partial charge is 0.117 e. The van der Waals surface area contributed by atoms with Crippen molar-refractivity contribution in [1.82, 2.24) is 4.90 Å². The van der Waals surface area contributed by atoms with Crippen LogP contribution in [0.1, 0.15) is 6.42 Å². The van der Waals surface area contributed by atoms with E-state index >= 15 is 0 Å². The lowest BCUT2D eigenvalue weighted by molar-refractivity contribution is 0.402. The number of hydrogen-bond donors (Lipinski definition) is 1. The molecule has 23 heavy (non-hydrogen) atoms. The van der Waals surface area contributed by atoms with Crippen LogP contribution in [-0.2, 0) is 0 Å². The standard InChI is InChI=1S/C17H19ClN2OS.ClH/c1-19(2)8-3-9-20-14-10-12(18)4-6-16(14)22-17-7-5-13(21)11-15(17)20;/h4-7,10-11,21H,3,8-9H2,1-2H3;1H. The van der Waals surface area contributed by atoms with Crippen molar-refractivity contribution in [2.24, 2.45) is 0 Å². The number of hydrogen-bond acceptors (Lipinski definition) is 4. The first-order valence-electron chi connectivity index (χ1n) is 7.27. The third-order valence-electron chi connectivity index (χ3n) is 3.65. The Balaban J connectivity index is 0.00000192. The van der Waals surface area contributed by atoms with E-state index in [9.17, 15) is 5.11 Å². The Morgan fingerprint density at radius 1 is 1.09 bits per heavy atom. The summed E-state index contributed by atoms with van der Waals surface area (Å²) in [7, 11) is 4.16. The molecular formula is C17H20Cl2N2OS. The molecule has 0 amide bonds. The van der Waals surface area contributed by atoms with Gasteiger partial charge in [0, 0.05) is 27.4 Å². The topological polar surface area (TPSA) is 26.7 Å². The summed E-state index contributed by atoms with van der Waals surface area (Å²) < 4.78 is 0. The molecule has 1 aliphatic heterocycles. The molecule has 2 aromatic rings. The van der Waals surface area contributed by atoms with Crippen molar-refractivity contribution in [2.45, 2.75) is 16.2 Å². The van der Waals surface area contributed by atoms with Crippen molar-refractivity contribution in [3.8, 4) is 5.75 Å². The summed E-state index contributed by atoms with van der Waals surface area (Å²) in [4.78, 5) is 6.81. The van der Waals surface area contributed by atoms with Crippen molar-refractivity contribution in [1.29, 1.82) is 0 Å². The minimum Gasteiger partial charge on any atom is -0.508 e. The molecule has 1 aliphatic rings. The third kappa shape index (κ3) is 4.07. The van der Waals surface area contributed by atoms with Gasteiger partial charge < -0.3 is 14.9 Å². The van der Waals surface area contributed by atoms with Crippen molar-refractivity contribution in [3.05, 3.63) is 41.4 Å². The molecule has 0 atom stereocenters. The molecule has 0 unspecified atom stereocenters. The molecule has 1 heterocycles. The summed E-state index contributed by atoms with van der Waals surface area (Å²) in [5.74, 6) is 0.294. The molecule has 0 bridgehead atoms. The molecule has 0 spiro atoms. The van der Waals surface area contributed by atoms with Crippen LogP contribution < -0.4 is 4.90 Å². The molecule has 0 aromatic heterocycles. The van der Waals surface area contributed by atoms with E-state index in [4.69, 9.17) is 11.6 Å². The molecule has 6 heteroatoms. The lowest BCUT2D eigenvalue weighted by atomic mass is 10.2. The first-order valence-corrected chi connectivity index (χ1v) is 8.47. The largest absolute Gasteiger partial charge is 0.508 e. The van der Waals surface area contributed by atoms with Gasteiger partial charge in [0.15, 0.2) is 0 Å². The second kappa shape index (κ2) is 7.67. The second-order valence-corrected chi connectivity index (χ2v) is 7.19. The van der Waals surface area contributed by atoms with Crippen molar-refractivity contribution in [3.63, 3.8) is 0 Å². The Bertz CT molecular complexity index is 643. The van der Waals surface area contributed by atoms with Gasteiger partial charge >= 0.3 is 0 Å². The van der Waals surface area contributed by atoms with Gasteiger partial charge in [-0.05, 0) is 57.4 Å². The number of nitrogens with zero attached hydrogens (tertiary/aromatic N) is 2. The summed E-state index contributed by atoms with van der Waals surface area (Å²) in [6.07, 6.45) is 1.04. The zero-order valence-corrected chi connectivity index (χ0v) is 15.5. The van der Waals surface area contributed by atoms with E-state index in [1.54, 1.807) is 17.8 Å². The van der Waals surface area contributed by atoms with Gasteiger partial charge in [0.05, 0.1) is 11.4 Å². The Morgan fingerprint density at radius 3 is 2.43 bits per heavy atom. The monoisotopic (exact) mass is 370 g/mol. The number of phenolic OH excluding ortho intramolecular Hbond substituents is 1. The number of halogens is 2. The molecule has 124 valence electrons. The van der Waals surface area contributed by atoms with Crippen molar-refractivity contribution >= 4 is 47.1 Å². The maximum absolute atomic E-state index is 9.85. The van der Waals surface area contributed by atoms with Gasteiger partial charge in [0.1, 0.15) is 5.75 Å². The third-order valence-corrected chi connectivity index (χ3v) is 5.02. The predicted octanol–water partition coefficient (Wildman–Crippen LogP) is 5.02. The zero-order valence-electron chi connectivity index (χ0n) is 13.1. The first kappa shape index (κ1) is 18.3. The quantitative estimate of drug-likeness (QED) is 0.816. The average molecular weight is 371 g/mol. The van der Waals surface area contributed by atoms with Crippen molar-refractivity contribution < 1.29 is 5.11 Å². The lowest BCUT2D eigenvalue weighted by Gasteiger charge is -2.33. The first-order chi connectivity index (χ1) is 10.5. The summed E-state index contributed by atoms with van der Waals surface area (Å²) in [6, 6.07) is 11.6. The normalized spacial score (nSPS) is 12.6. The van der Waals surface area contributed by atoms with Gasteiger partial charge in [0.2, 0.25) is 0 Å². The molecule has 3 nitrogen and oxygen atoms in total. The Labute approximate surface area is 152 Å². The van der Waals surface area contributed by atoms with Crippen LogP contribution in [0.2, 0.25) is 5.02 Å². The number of anilines is 2. The molecule has 0 saturated heterocycles. The fourth-order valence-electron chi connectivity index (χ4n) is 2.62. The van der Waals surface area contributed by atoms with Crippen LogP contribution in [-0.4, -0.2) is 37.2 Å². The molecule has 2 aromatic carbocycles. The SMILES string of the molecule is CN(C)CCCN1c2cc(O)ccc2Sc2ccc(Cl)cc21.Cl. The van der Waals surface area contributed by atoms with E-state index < -0.39 is 0 Å². The summed E-state index contributed by atoms with van der Waals surface area (Å²) in [6.45, 7) is 1.91. The van der Waals surface area contributed by atoms with E-state index in [1.165, 1.54) is 4.90 Å². The lowest BCUT2D eigenvalue weighted by Crippen LogP contribution is -2.25. The number of benzene rings is 2. The predicted molar refractivity (Wildman–Crippen MR) is 101 cm³/mol. The van der Waals surface area contributed by atoms with E-state index in [0.717, 1.165) is 40.8 Å². The van der Waals surface area contributed by atoms with E-state index in [2.05, 4.69) is 30.0 Å².